The van der Waals surface area contributed by atoms with Crippen molar-refractivity contribution < 1.29 is 23.9 Å². The molecular weight excluding hydrogens is 522 g/mol. The van der Waals surface area contributed by atoms with Gasteiger partial charge in [-0.25, -0.2) is 4.98 Å². The van der Waals surface area contributed by atoms with Crippen molar-refractivity contribution in [2.24, 2.45) is 0 Å². The van der Waals surface area contributed by atoms with E-state index in [-0.39, 0.29) is 36.5 Å². The number of fused-ring (bicyclic) bond motifs is 3. The molecule has 0 spiro atoms. The van der Waals surface area contributed by atoms with Gasteiger partial charge in [-0.05, 0) is 39.7 Å². The Kier molecular flexibility index (Phi) is 9.99. The number of hydrogen-bond acceptors (Lipinski definition) is 7. The van der Waals surface area contributed by atoms with Crippen LogP contribution in [0, 0.1) is 0 Å². The Balaban J connectivity index is 1.24. The number of hydrogen-bond donors (Lipinski definition) is 1. The van der Waals surface area contributed by atoms with Crippen molar-refractivity contribution in [3.63, 3.8) is 0 Å². The molecule has 3 heterocycles. The van der Waals surface area contributed by atoms with Crippen molar-refractivity contribution >= 4 is 45.4 Å². The molecule has 2 aromatic heterocycles. The predicted octanol–water partition coefficient (Wildman–Crippen LogP) is 4.24. The second-order valence-corrected chi connectivity index (χ2v) is 11.1. The number of amides is 3. The minimum atomic E-state index is -0.532. The van der Waals surface area contributed by atoms with Crippen LogP contribution in [0.5, 0.6) is 0 Å². The molecule has 0 radical (unpaired) electrons. The fourth-order valence-electron chi connectivity index (χ4n) is 5.13. The van der Waals surface area contributed by atoms with Gasteiger partial charge in [0.05, 0.1) is 22.8 Å². The Morgan fingerprint density at radius 1 is 0.951 bits per heavy atom. The molecule has 4 rings (SSSR count). The van der Waals surface area contributed by atoms with Crippen LogP contribution < -0.4 is 5.32 Å². The number of ether oxygens (including phenoxy) is 1. The van der Waals surface area contributed by atoms with Crippen LogP contribution in [0.2, 0.25) is 0 Å². The number of nitrogens with one attached hydrogen (secondary N) is 1. The average Bonchev–Trinajstić information content (AvgIpc) is 3.45. The highest BCUT2D eigenvalue weighted by atomic mass is 16.5. The summed E-state index contributed by atoms with van der Waals surface area (Å²) in [4.78, 5) is 58.5. The molecule has 1 N–H and O–H groups in total. The third-order valence-corrected chi connectivity index (χ3v) is 7.15. The lowest BCUT2D eigenvalue weighted by atomic mass is 10.0. The molecule has 0 fully saturated rings. The Morgan fingerprint density at radius 3 is 2.39 bits per heavy atom. The summed E-state index contributed by atoms with van der Waals surface area (Å²) in [5, 5.41) is 4.20. The van der Waals surface area contributed by atoms with E-state index in [9.17, 15) is 19.2 Å². The minimum absolute atomic E-state index is 0.0121. The summed E-state index contributed by atoms with van der Waals surface area (Å²) in [5.74, 6) is 0.101. The summed E-state index contributed by atoms with van der Waals surface area (Å²) in [5.41, 5.74) is 2.14. The standard InChI is InChI=1S/C31H39N5O5/c1-4-41-20-26-33-25-19-32-24-13-10-9-12-23(24)30(25)36(26)21-31(2,3)34-27(38)14-8-6-5-7-11-22(37)17-18-35-28(39)15-16-29(35)40/h9-10,12-13,15-16,19H,4-8,11,14,17-18,20-21H2,1-3H3,(H,34,38). The lowest BCUT2D eigenvalue weighted by molar-refractivity contribution is -0.137. The Hall–Kier alpha value is -3.92. The topological polar surface area (TPSA) is 123 Å². The van der Waals surface area contributed by atoms with E-state index in [0.29, 0.717) is 32.6 Å². The molecule has 1 aliphatic rings. The van der Waals surface area contributed by atoms with Gasteiger partial charge < -0.3 is 14.6 Å². The summed E-state index contributed by atoms with van der Waals surface area (Å²) in [6.07, 6.45) is 8.39. The molecule has 1 aromatic carbocycles. The average molecular weight is 562 g/mol. The highest BCUT2D eigenvalue weighted by molar-refractivity contribution is 6.13. The maximum Gasteiger partial charge on any atom is 0.253 e. The number of pyridine rings is 1. The van der Waals surface area contributed by atoms with Gasteiger partial charge in [0.25, 0.3) is 11.8 Å². The summed E-state index contributed by atoms with van der Waals surface area (Å²) in [7, 11) is 0. The number of imidazole rings is 1. The number of imide groups is 1. The van der Waals surface area contributed by atoms with Gasteiger partial charge in [0.2, 0.25) is 5.91 Å². The van der Waals surface area contributed by atoms with Crippen molar-refractivity contribution in [2.45, 2.75) is 84.4 Å². The molecule has 1 aliphatic heterocycles. The van der Waals surface area contributed by atoms with E-state index in [4.69, 9.17) is 9.72 Å². The van der Waals surface area contributed by atoms with Crippen LogP contribution in [-0.4, -0.2) is 61.6 Å². The number of ketones is 1. The molecule has 10 heteroatoms. The summed E-state index contributed by atoms with van der Waals surface area (Å²) in [6, 6.07) is 7.97. The van der Waals surface area contributed by atoms with Gasteiger partial charge in [0.1, 0.15) is 23.7 Å². The normalized spacial score (nSPS) is 13.6. The van der Waals surface area contributed by atoms with Crippen molar-refractivity contribution in [2.75, 3.05) is 13.2 Å². The van der Waals surface area contributed by atoms with Gasteiger partial charge in [-0.3, -0.25) is 29.1 Å². The number of nitrogens with zero attached hydrogens (tertiary/aromatic N) is 4. The maximum absolute atomic E-state index is 12.8. The van der Waals surface area contributed by atoms with Crippen molar-refractivity contribution in [3.8, 4) is 0 Å². The largest absolute Gasteiger partial charge is 0.374 e. The number of benzene rings is 1. The molecule has 3 amide bonds. The van der Waals surface area contributed by atoms with Gasteiger partial charge in [0.15, 0.2) is 0 Å². The second-order valence-electron chi connectivity index (χ2n) is 11.1. The summed E-state index contributed by atoms with van der Waals surface area (Å²) < 4.78 is 7.84. The van der Waals surface area contributed by atoms with Crippen LogP contribution in [-0.2, 0) is 37.1 Å². The Morgan fingerprint density at radius 2 is 1.66 bits per heavy atom. The molecule has 41 heavy (non-hydrogen) atoms. The number of carbonyl (C=O) groups is 4. The van der Waals surface area contributed by atoms with E-state index in [1.165, 1.54) is 12.2 Å². The molecular formula is C31H39N5O5. The lowest BCUT2D eigenvalue weighted by Crippen LogP contribution is -2.46. The van der Waals surface area contributed by atoms with E-state index >= 15 is 0 Å². The second kappa shape index (κ2) is 13.6. The van der Waals surface area contributed by atoms with Crippen LogP contribution in [0.15, 0.2) is 42.6 Å². The van der Waals surface area contributed by atoms with Gasteiger partial charge in [-0.2, -0.15) is 0 Å². The van der Waals surface area contributed by atoms with E-state index in [2.05, 4.69) is 14.9 Å². The highest BCUT2D eigenvalue weighted by Gasteiger charge is 2.25. The number of carbonyl (C=O) groups excluding carboxylic acids is 4. The third-order valence-electron chi connectivity index (χ3n) is 7.15. The molecule has 0 saturated heterocycles. The number of rotatable bonds is 16. The van der Waals surface area contributed by atoms with Gasteiger partial charge in [-0.15, -0.1) is 0 Å². The fourth-order valence-corrected chi connectivity index (χ4v) is 5.13. The van der Waals surface area contributed by atoms with Crippen LogP contribution in [0.25, 0.3) is 21.9 Å². The van der Waals surface area contributed by atoms with Gasteiger partial charge >= 0.3 is 0 Å². The highest BCUT2D eigenvalue weighted by Crippen LogP contribution is 2.27. The Labute approximate surface area is 240 Å². The first-order valence-electron chi connectivity index (χ1n) is 14.4. The molecule has 0 bridgehead atoms. The monoisotopic (exact) mass is 561 g/mol. The lowest BCUT2D eigenvalue weighted by Gasteiger charge is -2.28. The SMILES string of the molecule is CCOCc1nc2cnc3ccccc3c2n1CC(C)(C)NC(=O)CCCCCCC(=O)CCN1C(=O)C=CC1=O. The number of para-hydroxylation sites is 1. The number of Topliss-reactive ketones (excluding diaryl/α,β-unsaturated/α-hetero) is 1. The van der Waals surface area contributed by atoms with E-state index in [1.807, 2.05) is 45.0 Å². The van der Waals surface area contributed by atoms with Crippen LogP contribution >= 0.6 is 0 Å². The molecule has 0 aliphatic carbocycles. The smallest absolute Gasteiger partial charge is 0.253 e. The first-order valence-corrected chi connectivity index (χ1v) is 14.4. The van der Waals surface area contributed by atoms with Crippen LogP contribution in [0.3, 0.4) is 0 Å². The zero-order valence-electron chi connectivity index (χ0n) is 24.1. The quantitative estimate of drug-likeness (QED) is 0.205. The first-order chi connectivity index (χ1) is 19.7. The molecule has 10 nitrogen and oxygen atoms in total. The molecule has 0 atom stereocenters. The zero-order chi connectivity index (χ0) is 29.4. The van der Waals surface area contributed by atoms with Crippen LogP contribution in [0.4, 0.5) is 0 Å². The maximum atomic E-state index is 12.8. The minimum Gasteiger partial charge on any atom is -0.374 e. The van der Waals surface area contributed by atoms with Crippen molar-refractivity contribution in [1.82, 2.24) is 24.8 Å². The van der Waals surface area contributed by atoms with Crippen molar-refractivity contribution in [3.05, 3.63) is 48.4 Å². The van der Waals surface area contributed by atoms with E-state index in [0.717, 1.165) is 58.3 Å². The zero-order valence-corrected chi connectivity index (χ0v) is 24.1. The van der Waals surface area contributed by atoms with Crippen molar-refractivity contribution in [1.29, 1.82) is 0 Å². The van der Waals surface area contributed by atoms with Gasteiger partial charge in [0, 0.05) is 56.5 Å². The molecule has 0 unspecified atom stereocenters. The molecule has 0 saturated carbocycles. The molecule has 218 valence electrons. The van der Waals surface area contributed by atoms with E-state index < -0.39 is 5.54 Å². The fraction of sp³-hybridized carbons (Fsp3) is 0.484. The number of unbranched alkanes of at least 4 members (excludes halogenated alkanes) is 3. The molecule has 3 aromatic rings. The predicted molar refractivity (Wildman–Crippen MR) is 156 cm³/mol. The third kappa shape index (κ3) is 7.85. The summed E-state index contributed by atoms with van der Waals surface area (Å²) >= 11 is 0. The number of aromatic nitrogens is 3. The van der Waals surface area contributed by atoms with Gasteiger partial charge in [-0.1, -0.05) is 31.0 Å². The van der Waals surface area contributed by atoms with E-state index in [1.54, 1.807) is 6.20 Å². The summed E-state index contributed by atoms with van der Waals surface area (Å²) in [6.45, 7) is 7.58. The first kappa shape index (κ1) is 30.0. The Bertz CT molecular complexity index is 1440. The van der Waals surface area contributed by atoms with Crippen LogP contribution in [0.1, 0.15) is 71.5 Å².